The molecule has 0 aromatic heterocycles. The lowest BCUT2D eigenvalue weighted by atomic mass is 10.0. The zero-order chi connectivity index (χ0) is 13.8. The van der Waals surface area contributed by atoms with E-state index in [-0.39, 0.29) is 11.9 Å². The Morgan fingerprint density at radius 3 is 2.95 bits per heavy atom. The molecule has 1 amide bonds. The van der Waals surface area contributed by atoms with Crippen molar-refractivity contribution in [1.29, 1.82) is 0 Å². The molecule has 1 heterocycles. The first-order chi connectivity index (χ1) is 9.06. The Morgan fingerprint density at radius 1 is 1.47 bits per heavy atom. The van der Waals surface area contributed by atoms with Crippen molar-refractivity contribution in [2.45, 2.75) is 25.4 Å². The SMILES string of the molecule is CN(C)Cc1cccc(C(=O)N2CCCC(N)C2)c1. The highest BCUT2D eigenvalue weighted by Crippen LogP contribution is 2.14. The minimum atomic E-state index is 0.107. The fourth-order valence-corrected chi connectivity index (χ4v) is 2.54. The number of hydrogen-bond acceptors (Lipinski definition) is 3. The number of amides is 1. The number of piperidine rings is 1. The Morgan fingerprint density at radius 2 is 2.26 bits per heavy atom. The monoisotopic (exact) mass is 261 g/mol. The average molecular weight is 261 g/mol. The van der Waals surface area contributed by atoms with E-state index in [4.69, 9.17) is 5.73 Å². The van der Waals surface area contributed by atoms with Crippen LogP contribution < -0.4 is 5.73 Å². The zero-order valence-electron chi connectivity index (χ0n) is 11.8. The largest absolute Gasteiger partial charge is 0.337 e. The minimum Gasteiger partial charge on any atom is -0.337 e. The molecule has 1 aliphatic heterocycles. The summed E-state index contributed by atoms with van der Waals surface area (Å²) >= 11 is 0. The molecule has 0 radical (unpaired) electrons. The van der Waals surface area contributed by atoms with Crippen LogP contribution >= 0.6 is 0 Å². The smallest absolute Gasteiger partial charge is 0.253 e. The molecular weight excluding hydrogens is 238 g/mol. The van der Waals surface area contributed by atoms with Crippen LogP contribution in [0.1, 0.15) is 28.8 Å². The zero-order valence-corrected chi connectivity index (χ0v) is 11.8. The van der Waals surface area contributed by atoms with Crippen LogP contribution in [0.5, 0.6) is 0 Å². The van der Waals surface area contributed by atoms with Gasteiger partial charge in [0, 0.05) is 31.2 Å². The van der Waals surface area contributed by atoms with Crippen molar-refractivity contribution in [3.8, 4) is 0 Å². The van der Waals surface area contributed by atoms with Crippen LogP contribution in [0.15, 0.2) is 24.3 Å². The third-order valence-corrected chi connectivity index (χ3v) is 3.42. The summed E-state index contributed by atoms with van der Waals surface area (Å²) in [5.74, 6) is 0.107. The van der Waals surface area contributed by atoms with E-state index in [0.717, 1.165) is 37.1 Å². The predicted octanol–water partition coefficient (Wildman–Crippen LogP) is 1.31. The number of nitrogens with zero attached hydrogens (tertiary/aromatic N) is 2. The summed E-state index contributed by atoms with van der Waals surface area (Å²) in [6, 6.07) is 8.02. The number of carbonyl (C=O) groups excluding carboxylic acids is 1. The van der Waals surface area contributed by atoms with Gasteiger partial charge in [-0.05, 0) is 44.6 Å². The van der Waals surface area contributed by atoms with Crippen molar-refractivity contribution in [2.24, 2.45) is 5.73 Å². The number of hydrogen-bond donors (Lipinski definition) is 1. The minimum absolute atomic E-state index is 0.107. The standard InChI is InChI=1S/C15H23N3O/c1-17(2)10-12-5-3-6-13(9-12)15(19)18-8-4-7-14(16)11-18/h3,5-6,9,14H,4,7-8,10-11,16H2,1-2H3. The first kappa shape index (κ1) is 14.0. The van der Waals surface area contributed by atoms with Gasteiger partial charge in [0.25, 0.3) is 5.91 Å². The molecule has 0 aliphatic carbocycles. The molecule has 19 heavy (non-hydrogen) atoms. The predicted molar refractivity (Wildman–Crippen MR) is 76.9 cm³/mol. The van der Waals surface area contributed by atoms with Crippen molar-refractivity contribution in [3.63, 3.8) is 0 Å². The van der Waals surface area contributed by atoms with Crippen LogP contribution in [0.4, 0.5) is 0 Å². The molecule has 1 saturated heterocycles. The molecule has 1 fully saturated rings. The van der Waals surface area contributed by atoms with Crippen LogP contribution in [0.3, 0.4) is 0 Å². The molecule has 0 saturated carbocycles. The lowest BCUT2D eigenvalue weighted by Gasteiger charge is -2.31. The fraction of sp³-hybridized carbons (Fsp3) is 0.533. The fourth-order valence-electron chi connectivity index (χ4n) is 2.54. The van der Waals surface area contributed by atoms with Gasteiger partial charge in [-0.15, -0.1) is 0 Å². The van der Waals surface area contributed by atoms with Crippen molar-refractivity contribution in [3.05, 3.63) is 35.4 Å². The summed E-state index contributed by atoms with van der Waals surface area (Å²) < 4.78 is 0. The summed E-state index contributed by atoms with van der Waals surface area (Å²) in [6.07, 6.45) is 2.02. The van der Waals surface area contributed by atoms with Gasteiger partial charge in [0.05, 0.1) is 0 Å². The maximum Gasteiger partial charge on any atom is 0.253 e. The van der Waals surface area contributed by atoms with Gasteiger partial charge in [-0.25, -0.2) is 0 Å². The van der Waals surface area contributed by atoms with Crippen LogP contribution in [0, 0.1) is 0 Å². The molecule has 1 unspecified atom stereocenters. The lowest BCUT2D eigenvalue weighted by molar-refractivity contribution is 0.0708. The van der Waals surface area contributed by atoms with E-state index < -0.39 is 0 Å². The van der Waals surface area contributed by atoms with Crippen molar-refractivity contribution in [2.75, 3.05) is 27.2 Å². The van der Waals surface area contributed by atoms with Gasteiger partial charge in [-0.1, -0.05) is 12.1 Å². The first-order valence-electron chi connectivity index (χ1n) is 6.85. The second-order valence-corrected chi connectivity index (χ2v) is 5.59. The van der Waals surface area contributed by atoms with Crippen LogP contribution in [-0.4, -0.2) is 48.9 Å². The van der Waals surface area contributed by atoms with E-state index in [1.807, 2.05) is 37.2 Å². The topological polar surface area (TPSA) is 49.6 Å². The van der Waals surface area contributed by atoms with Crippen LogP contribution in [-0.2, 0) is 6.54 Å². The Balaban J connectivity index is 2.10. The maximum atomic E-state index is 12.4. The normalized spacial score (nSPS) is 19.8. The van der Waals surface area contributed by atoms with E-state index in [1.165, 1.54) is 0 Å². The molecule has 0 spiro atoms. The van der Waals surface area contributed by atoms with Crippen molar-refractivity contribution < 1.29 is 4.79 Å². The molecule has 0 bridgehead atoms. The number of likely N-dealkylation sites (tertiary alicyclic amines) is 1. The number of benzene rings is 1. The Bertz CT molecular complexity index is 445. The molecular formula is C15H23N3O. The maximum absolute atomic E-state index is 12.4. The highest BCUT2D eigenvalue weighted by Gasteiger charge is 2.22. The third kappa shape index (κ3) is 3.78. The summed E-state index contributed by atoms with van der Waals surface area (Å²) in [5, 5.41) is 0. The molecule has 1 atom stereocenters. The molecule has 1 aromatic rings. The average Bonchev–Trinajstić information content (AvgIpc) is 2.37. The Hall–Kier alpha value is -1.39. The van der Waals surface area contributed by atoms with E-state index in [0.29, 0.717) is 6.54 Å². The van der Waals surface area contributed by atoms with Gasteiger partial charge in [0.1, 0.15) is 0 Å². The molecule has 4 nitrogen and oxygen atoms in total. The molecule has 2 rings (SSSR count). The summed E-state index contributed by atoms with van der Waals surface area (Å²) in [5.41, 5.74) is 7.87. The number of rotatable bonds is 3. The quantitative estimate of drug-likeness (QED) is 0.892. The number of nitrogens with two attached hydrogens (primary N) is 1. The van der Waals surface area contributed by atoms with Crippen molar-refractivity contribution >= 4 is 5.91 Å². The van der Waals surface area contributed by atoms with E-state index >= 15 is 0 Å². The highest BCUT2D eigenvalue weighted by atomic mass is 16.2. The summed E-state index contributed by atoms with van der Waals surface area (Å²) in [7, 11) is 4.05. The Labute approximate surface area is 115 Å². The summed E-state index contributed by atoms with van der Waals surface area (Å²) in [4.78, 5) is 16.4. The van der Waals surface area contributed by atoms with Gasteiger partial charge in [-0.2, -0.15) is 0 Å². The van der Waals surface area contributed by atoms with Crippen molar-refractivity contribution in [1.82, 2.24) is 9.80 Å². The molecule has 2 N–H and O–H groups in total. The molecule has 4 heteroatoms. The molecule has 1 aliphatic rings. The van der Waals surface area contributed by atoms with Crippen LogP contribution in [0.2, 0.25) is 0 Å². The number of carbonyl (C=O) groups is 1. The van der Waals surface area contributed by atoms with Gasteiger partial charge in [0.2, 0.25) is 0 Å². The van der Waals surface area contributed by atoms with Gasteiger partial charge in [-0.3, -0.25) is 4.79 Å². The molecule has 104 valence electrons. The second kappa shape index (κ2) is 6.17. The van der Waals surface area contributed by atoms with Gasteiger partial charge in [0.15, 0.2) is 0 Å². The van der Waals surface area contributed by atoms with E-state index in [1.54, 1.807) is 0 Å². The molecule has 1 aromatic carbocycles. The first-order valence-corrected chi connectivity index (χ1v) is 6.85. The van der Waals surface area contributed by atoms with Gasteiger partial charge >= 0.3 is 0 Å². The van der Waals surface area contributed by atoms with Crippen LogP contribution in [0.25, 0.3) is 0 Å². The van der Waals surface area contributed by atoms with Gasteiger partial charge < -0.3 is 15.5 Å². The summed E-state index contributed by atoms with van der Waals surface area (Å²) in [6.45, 7) is 2.35. The Kier molecular flexibility index (Phi) is 4.56. The van der Waals surface area contributed by atoms with E-state index in [9.17, 15) is 4.79 Å². The lowest BCUT2D eigenvalue weighted by Crippen LogP contribution is -2.45. The highest BCUT2D eigenvalue weighted by molar-refractivity contribution is 5.94. The van der Waals surface area contributed by atoms with E-state index in [2.05, 4.69) is 11.0 Å². The third-order valence-electron chi connectivity index (χ3n) is 3.42. The second-order valence-electron chi connectivity index (χ2n) is 5.59.